The van der Waals surface area contributed by atoms with Gasteiger partial charge in [-0.15, -0.1) is 10.2 Å². The van der Waals surface area contributed by atoms with E-state index >= 15 is 0 Å². The predicted molar refractivity (Wildman–Crippen MR) is 167 cm³/mol. The minimum absolute atomic E-state index is 0.222. The molecule has 1 atom stereocenters. The van der Waals surface area contributed by atoms with Crippen LogP contribution in [0, 0.1) is 6.92 Å². The van der Waals surface area contributed by atoms with Crippen molar-refractivity contribution in [3.05, 3.63) is 64.6 Å². The number of aromatic nitrogens is 4. The molecule has 3 aromatic heterocycles. The van der Waals surface area contributed by atoms with Crippen LogP contribution >= 0.6 is 36.5 Å². The van der Waals surface area contributed by atoms with E-state index in [1.54, 1.807) is 19.1 Å². The van der Waals surface area contributed by atoms with Crippen molar-refractivity contribution in [1.82, 2.24) is 19.7 Å². The van der Waals surface area contributed by atoms with Gasteiger partial charge in [-0.1, -0.05) is 13.0 Å². The van der Waals surface area contributed by atoms with Crippen molar-refractivity contribution < 1.29 is 13.3 Å². The van der Waals surface area contributed by atoms with E-state index in [4.69, 9.17) is 18.4 Å². The highest BCUT2D eigenvalue weighted by Crippen LogP contribution is 2.78. The van der Waals surface area contributed by atoms with Crippen molar-refractivity contribution in [2.45, 2.75) is 25.5 Å². The van der Waals surface area contributed by atoms with Gasteiger partial charge in [0.05, 0.1) is 7.11 Å². The number of anilines is 1. The second-order valence-corrected chi connectivity index (χ2v) is 24.0. The van der Waals surface area contributed by atoms with E-state index in [9.17, 15) is 0 Å². The summed E-state index contributed by atoms with van der Waals surface area (Å²) in [5.74, 6) is 4.96. The summed E-state index contributed by atoms with van der Waals surface area (Å²) in [5.41, 5.74) is 1.80. The fraction of sp³-hybridized carbons (Fsp3) is 0.393. The molecule has 1 unspecified atom stereocenters. The summed E-state index contributed by atoms with van der Waals surface area (Å²) in [7, 11) is -1.35. The Hall–Kier alpha value is -2.63. The van der Waals surface area contributed by atoms with E-state index in [0.29, 0.717) is 23.3 Å². The number of halogens is 1. The highest BCUT2D eigenvalue weighted by atomic mass is 79.9. The van der Waals surface area contributed by atoms with Crippen LogP contribution in [0.25, 0.3) is 17.3 Å². The maximum absolute atomic E-state index is 7.08. The molecule has 0 N–H and O–H groups in total. The van der Waals surface area contributed by atoms with E-state index in [0.717, 1.165) is 46.1 Å². The van der Waals surface area contributed by atoms with E-state index in [1.165, 1.54) is 0 Å². The number of benzene rings is 1. The molecule has 1 aliphatic rings. The lowest BCUT2D eigenvalue weighted by atomic mass is 10.2. The van der Waals surface area contributed by atoms with Crippen LogP contribution in [0.1, 0.15) is 18.4 Å². The van der Waals surface area contributed by atoms with Crippen molar-refractivity contribution >= 4 is 42.4 Å². The standard InChI is InChI=1S/C28H36BrN5O3S2/c1-19-11-14-25(36-19)27-31-32-28-33(38-20(2)17-22-13-12-21(29)18-30-22)15-16-39(4,5,6,7)37-24-10-8-9-23(35-3)26(24)34(27)28/h8-14,18,20H,15-17H2,1-7H3. The zero-order valence-electron chi connectivity index (χ0n) is 23.5. The summed E-state index contributed by atoms with van der Waals surface area (Å²) in [6.07, 6.45) is 11.7. The lowest BCUT2D eigenvalue weighted by Gasteiger charge is -2.69. The van der Waals surface area contributed by atoms with E-state index in [2.05, 4.69) is 68.3 Å². The van der Waals surface area contributed by atoms with Gasteiger partial charge in [0.1, 0.15) is 17.2 Å². The van der Waals surface area contributed by atoms with Crippen LogP contribution in [0.5, 0.6) is 11.5 Å². The molecule has 0 aliphatic carbocycles. The van der Waals surface area contributed by atoms with Gasteiger partial charge in [-0.3, -0.25) is 13.9 Å². The Morgan fingerprint density at radius 1 is 1.10 bits per heavy atom. The smallest absolute Gasteiger partial charge is 0.242 e. The third-order valence-electron chi connectivity index (χ3n) is 6.50. The molecular formula is C28H36BrN5O3S2. The summed E-state index contributed by atoms with van der Waals surface area (Å²) in [5, 5.41) is 9.60. The van der Waals surface area contributed by atoms with Crippen molar-refractivity contribution in [2.24, 2.45) is 0 Å². The normalized spacial score (nSPS) is 19.8. The second kappa shape index (κ2) is 9.49. The third-order valence-corrected chi connectivity index (χ3v) is 11.0. The zero-order chi connectivity index (χ0) is 28.1. The van der Waals surface area contributed by atoms with Gasteiger partial charge in [-0.05, 0) is 96.2 Å². The number of ether oxygens (including phenoxy) is 1. The first-order valence-corrected chi connectivity index (χ1v) is 18.5. The number of rotatable bonds is 6. The Bertz CT molecular complexity index is 1510. The van der Waals surface area contributed by atoms with Gasteiger partial charge in [0.25, 0.3) is 0 Å². The maximum Gasteiger partial charge on any atom is 0.242 e. The summed E-state index contributed by atoms with van der Waals surface area (Å²) < 4.78 is 24.3. The van der Waals surface area contributed by atoms with Crippen LogP contribution in [0.15, 0.2) is 57.6 Å². The fourth-order valence-corrected chi connectivity index (χ4v) is 8.03. The van der Waals surface area contributed by atoms with Gasteiger partial charge in [0.2, 0.25) is 11.8 Å². The number of hydrogen-bond donors (Lipinski definition) is 0. The molecule has 1 aliphatic heterocycles. The number of furan rings is 1. The molecule has 0 saturated heterocycles. The minimum atomic E-state index is -3.03. The number of methoxy groups -OCH3 is 1. The second-order valence-electron chi connectivity index (χ2n) is 12.2. The zero-order valence-corrected chi connectivity index (χ0v) is 26.7. The average molecular weight is 635 g/mol. The minimum Gasteiger partial charge on any atom is -0.494 e. The van der Waals surface area contributed by atoms with E-state index in [1.807, 2.05) is 54.1 Å². The highest BCUT2D eigenvalue weighted by molar-refractivity contribution is 9.10. The Labute approximate surface area is 242 Å². The molecule has 5 rings (SSSR count). The fourth-order valence-electron chi connectivity index (χ4n) is 4.54. The molecule has 210 valence electrons. The van der Waals surface area contributed by atoms with Crippen LogP contribution in [-0.4, -0.2) is 69.4 Å². The summed E-state index contributed by atoms with van der Waals surface area (Å²) in [6, 6.07) is 13.9. The molecule has 8 nitrogen and oxygen atoms in total. The lowest BCUT2D eigenvalue weighted by Crippen LogP contribution is -2.43. The van der Waals surface area contributed by atoms with Gasteiger partial charge in [0, 0.05) is 40.3 Å². The highest BCUT2D eigenvalue weighted by Gasteiger charge is 2.46. The predicted octanol–water partition coefficient (Wildman–Crippen LogP) is 6.79. The molecule has 0 fully saturated rings. The van der Waals surface area contributed by atoms with Crippen LogP contribution in [0.2, 0.25) is 0 Å². The molecule has 11 heteroatoms. The molecule has 4 heterocycles. The number of fused-ring (bicyclic) bond motifs is 3. The molecule has 0 radical (unpaired) electrons. The van der Waals surface area contributed by atoms with Crippen LogP contribution in [0.3, 0.4) is 0 Å². The van der Waals surface area contributed by atoms with Gasteiger partial charge in [-0.2, -0.15) is 8.58 Å². The van der Waals surface area contributed by atoms with Crippen molar-refractivity contribution in [1.29, 1.82) is 0 Å². The molecular weight excluding hydrogens is 598 g/mol. The van der Waals surface area contributed by atoms with Crippen molar-refractivity contribution in [3.63, 3.8) is 0 Å². The van der Waals surface area contributed by atoms with Crippen LogP contribution in [-0.2, 0) is 6.42 Å². The maximum atomic E-state index is 7.08. The molecule has 0 spiro atoms. The molecule has 0 saturated carbocycles. The summed E-state index contributed by atoms with van der Waals surface area (Å²) in [4.78, 5) is 4.59. The summed E-state index contributed by atoms with van der Waals surface area (Å²) >= 11 is 5.23. The van der Waals surface area contributed by atoms with E-state index in [-0.39, 0.29) is 5.25 Å². The summed E-state index contributed by atoms with van der Waals surface area (Å²) in [6.45, 7) is 4.86. The van der Waals surface area contributed by atoms with Crippen molar-refractivity contribution in [3.8, 4) is 28.8 Å². The van der Waals surface area contributed by atoms with Gasteiger partial charge in [-0.25, -0.2) is 0 Å². The monoisotopic (exact) mass is 633 g/mol. The molecule has 39 heavy (non-hydrogen) atoms. The topological polar surface area (TPSA) is 78.4 Å². The van der Waals surface area contributed by atoms with Crippen LogP contribution in [0.4, 0.5) is 5.95 Å². The third kappa shape index (κ3) is 6.10. The van der Waals surface area contributed by atoms with Crippen LogP contribution < -0.4 is 13.2 Å². The largest absolute Gasteiger partial charge is 0.494 e. The molecule has 0 bridgehead atoms. The lowest BCUT2D eigenvalue weighted by molar-refractivity contribution is 0.410. The number of hydrogen-bond acceptors (Lipinski definition) is 8. The Morgan fingerprint density at radius 3 is 2.56 bits per heavy atom. The number of aryl methyl sites for hydroxylation is 1. The average Bonchev–Trinajstić information content (AvgIpc) is 3.48. The number of nitrogens with zero attached hydrogens (tertiary/aromatic N) is 5. The number of pyridine rings is 1. The van der Waals surface area contributed by atoms with E-state index < -0.39 is 8.58 Å². The molecule has 4 aromatic rings. The Balaban J connectivity index is 1.67. The first-order chi connectivity index (χ1) is 18.2. The number of para-hydroxylation sites is 1. The first kappa shape index (κ1) is 27.9. The molecule has 1 aromatic carbocycles. The Morgan fingerprint density at radius 2 is 1.90 bits per heavy atom. The first-order valence-electron chi connectivity index (χ1n) is 12.7. The van der Waals surface area contributed by atoms with Gasteiger partial charge in [0.15, 0.2) is 11.5 Å². The van der Waals surface area contributed by atoms with Crippen molar-refractivity contribution in [2.75, 3.05) is 48.7 Å². The Kier molecular flexibility index (Phi) is 6.79. The molecule has 0 amide bonds. The quantitative estimate of drug-likeness (QED) is 0.215. The SMILES string of the molecule is COc1cccc2c1-n1c(-c3ccc(C)o3)nnc1N(SC(C)Cc1ccc(Br)cn1)CCS(C)(C)(C)(C)O2. The van der Waals surface area contributed by atoms with Gasteiger partial charge >= 0.3 is 0 Å². The van der Waals surface area contributed by atoms with Gasteiger partial charge < -0.3 is 13.3 Å².